The van der Waals surface area contributed by atoms with E-state index in [0.29, 0.717) is 5.69 Å². The summed E-state index contributed by atoms with van der Waals surface area (Å²) >= 11 is 4.68. The van der Waals surface area contributed by atoms with Crippen LogP contribution in [0.5, 0.6) is 0 Å². The number of hydrogen-bond donors (Lipinski definition) is 2. The fourth-order valence-electron chi connectivity index (χ4n) is 1.19. The lowest BCUT2D eigenvalue weighted by Crippen LogP contribution is -2.41. The number of sulfonamides is 1. The van der Waals surface area contributed by atoms with Crippen molar-refractivity contribution in [1.82, 2.24) is 9.71 Å². The van der Waals surface area contributed by atoms with Gasteiger partial charge in [-0.15, -0.1) is 0 Å². The zero-order valence-electron chi connectivity index (χ0n) is 9.62. The molecule has 0 aliphatic rings. The molecule has 1 rings (SSSR count). The van der Waals surface area contributed by atoms with Gasteiger partial charge in [0.05, 0.1) is 16.7 Å². The third kappa shape index (κ3) is 3.72. The minimum atomic E-state index is -3.56. The molecule has 2 unspecified atom stereocenters. The van der Waals surface area contributed by atoms with Crippen molar-refractivity contribution in [2.45, 2.75) is 25.1 Å². The van der Waals surface area contributed by atoms with E-state index >= 15 is 0 Å². The summed E-state index contributed by atoms with van der Waals surface area (Å²) in [5.41, 5.74) is 5.98. The first-order chi connectivity index (χ1) is 7.84. The number of nitrogens with one attached hydrogen (secondary N) is 1. The van der Waals surface area contributed by atoms with Gasteiger partial charge in [0.15, 0.2) is 0 Å². The Labute approximate surface area is 106 Å². The molecule has 0 aliphatic carbocycles. The Hall–Kier alpha value is -1.05. The van der Waals surface area contributed by atoms with Gasteiger partial charge in [0.2, 0.25) is 10.0 Å². The second-order valence-electron chi connectivity index (χ2n) is 3.68. The number of rotatable bonds is 5. The van der Waals surface area contributed by atoms with E-state index in [1.807, 2.05) is 0 Å². The predicted octanol–water partition coefficient (Wildman–Crippen LogP) is 0.737. The normalized spacial score (nSPS) is 15.2. The van der Waals surface area contributed by atoms with Gasteiger partial charge < -0.3 is 5.73 Å². The van der Waals surface area contributed by atoms with Crippen LogP contribution in [0.4, 0.5) is 0 Å². The first-order valence-electron chi connectivity index (χ1n) is 5.06. The molecular formula is C10H15N3O2S2. The van der Waals surface area contributed by atoms with Crippen LogP contribution in [-0.2, 0) is 10.0 Å². The number of pyridine rings is 1. The molecule has 0 radical (unpaired) electrons. The molecule has 94 valence electrons. The number of nitrogens with zero attached hydrogens (tertiary/aromatic N) is 1. The topological polar surface area (TPSA) is 85.1 Å². The fourth-order valence-corrected chi connectivity index (χ4v) is 2.70. The van der Waals surface area contributed by atoms with Crippen LogP contribution >= 0.6 is 12.2 Å². The second kappa shape index (κ2) is 5.52. The van der Waals surface area contributed by atoms with Gasteiger partial charge in [-0.1, -0.05) is 18.3 Å². The average Bonchev–Trinajstić information content (AvgIpc) is 2.28. The summed E-state index contributed by atoms with van der Waals surface area (Å²) in [6, 6.07) is 4.89. The monoisotopic (exact) mass is 273 g/mol. The SMILES string of the molecule is CC(NS(=O)(=O)C(C)C(N)=S)c1ccccn1. The van der Waals surface area contributed by atoms with E-state index in [2.05, 4.69) is 21.9 Å². The van der Waals surface area contributed by atoms with Crippen molar-refractivity contribution in [3.05, 3.63) is 30.1 Å². The van der Waals surface area contributed by atoms with Crippen molar-refractivity contribution in [2.75, 3.05) is 0 Å². The third-order valence-corrected chi connectivity index (χ3v) is 4.71. The van der Waals surface area contributed by atoms with E-state index in [1.165, 1.54) is 6.92 Å². The largest absolute Gasteiger partial charge is 0.392 e. The first kappa shape index (κ1) is 14.0. The maximum absolute atomic E-state index is 11.8. The van der Waals surface area contributed by atoms with Crippen LogP contribution in [0.15, 0.2) is 24.4 Å². The number of aromatic nitrogens is 1. The lowest BCUT2D eigenvalue weighted by molar-refractivity contribution is 0.561. The van der Waals surface area contributed by atoms with Gasteiger partial charge >= 0.3 is 0 Å². The molecule has 3 N–H and O–H groups in total. The van der Waals surface area contributed by atoms with E-state index in [-0.39, 0.29) is 4.99 Å². The lowest BCUT2D eigenvalue weighted by atomic mass is 10.2. The molecule has 17 heavy (non-hydrogen) atoms. The molecule has 0 saturated carbocycles. The van der Waals surface area contributed by atoms with Crippen LogP contribution < -0.4 is 10.5 Å². The smallest absolute Gasteiger partial charge is 0.221 e. The third-order valence-electron chi connectivity index (χ3n) is 2.34. The van der Waals surface area contributed by atoms with Crippen LogP contribution in [0, 0.1) is 0 Å². The standard InChI is InChI=1S/C10H15N3O2S2/c1-7(9-5-3-4-6-12-9)13-17(14,15)8(2)10(11)16/h3-8,13H,1-2H3,(H2,11,16). The molecule has 0 amide bonds. The average molecular weight is 273 g/mol. The number of nitrogens with two attached hydrogens (primary N) is 1. The quantitative estimate of drug-likeness (QED) is 0.773. The molecule has 1 aromatic rings. The summed E-state index contributed by atoms with van der Waals surface area (Å²) in [6.45, 7) is 3.17. The molecule has 1 aromatic heterocycles. The zero-order chi connectivity index (χ0) is 13.1. The van der Waals surface area contributed by atoms with Crippen LogP contribution in [0.25, 0.3) is 0 Å². The van der Waals surface area contributed by atoms with E-state index < -0.39 is 21.3 Å². The van der Waals surface area contributed by atoms with Gasteiger partial charge in [0.1, 0.15) is 5.25 Å². The number of hydrogen-bond acceptors (Lipinski definition) is 4. The lowest BCUT2D eigenvalue weighted by Gasteiger charge is -2.17. The highest BCUT2D eigenvalue weighted by atomic mass is 32.2. The molecule has 0 fully saturated rings. The summed E-state index contributed by atoms with van der Waals surface area (Å²) < 4.78 is 26.2. The van der Waals surface area contributed by atoms with Crippen LogP contribution in [0.3, 0.4) is 0 Å². The molecule has 5 nitrogen and oxygen atoms in total. The Morgan fingerprint density at radius 2 is 2.12 bits per heavy atom. The maximum Gasteiger partial charge on any atom is 0.221 e. The Kier molecular flexibility index (Phi) is 4.55. The Bertz CT molecular complexity index is 488. The van der Waals surface area contributed by atoms with Crippen LogP contribution in [0.1, 0.15) is 25.6 Å². The van der Waals surface area contributed by atoms with Crippen molar-refractivity contribution < 1.29 is 8.42 Å². The molecule has 2 atom stereocenters. The van der Waals surface area contributed by atoms with Gasteiger partial charge in [-0.25, -0.2) is 13.1 Å². The Morgan fingerprint density at radius 1 is 1.47 bits per heavy atom. The van der Waals surface area contributed by atoms with Crippen molar-refractivity contribution in [3.8, 4) is 0 Å². The molecule has 0 aliphatic heterocycles. The molecule has 0 aromatic carbocycles. The van der Waals surface area contributed by atoms with Gasteiger partial charge in [-0.2, -0.15) is 0 Å². The highest BCUT2D eigenvalue weighted by molar-refractivity contribution is 7.93. The minimum absolute atomic E-state index is 0.0503. The summed E-state index contributed by atoms with van der Waals surface area (Å²) in [7, 11) is -3.56. The summed E-state index contributed by atoms with van der Waals surface area (Å²) in [5.74, 6) is 0. The molecule has 1 heterocycles. The van der Waals surface area contributed by atoms with Crippen LogP contribution in [0.2, 0.25) is 0 Å². The Morgan fingerprint density at radius 3 is 2.59 bits per heavy atom. The van der Waals surface area contributed by atoms with E-state index in [9.17, 15) is 8.42 Å². The summed E-state index contributed by atoms with van der Waals surface area (Å²) in [4.78, 5) is 4.03. The van der Waals surface area contributed by atoms with Gasteiger partial charge in [-0.3, -0.25) is 4.98 Å². The highest BCUT2D eigenvalue weighted by Crippen LogP contribution is 2.11. The van der Waals surface area contributed by atoms with Crippen molar-refractivity contribution in [3.63, 3.8) is 0 Å². The minimum Gasteiger partial charge on any atom is -0.392 e. The van der Waals surface area contributed by atoms with Crippen molar-refractivity contribution in [2.24, 2.45) is 5.73 Å². The van der Waals surface area contributed by atoms with Crippen molar-refractivity contribution >= 4 is 27.2 Å². The van der Waals surface area contributed by atoms with Crippen molar-refractivity contribution in [1.29, 1.82) is 0 Å². The molecule has 0 spiro atoms. The molecule has 0 saturated heterocycles. The highest BCUT2D eigenvalue weighted by Gasteiger charge is 2.25. The van der Waals surface area contributed by atoms with Gasteiger partial charge in [0.25, 0.3) is 0 Å². The Balaban J connectivity index is 2.82. The molecule has 7 heteroatoms. The van der Waals surface area contributed by atoms with Gasteiger partial charge in [-0.05, 0) is 26.0 Å². The van der Waals surface area contributed by atoms with E-state index in [4.69, 9.17) is 5.73 Å². The summed E-state index contributed by atoms with van der Waals surface area (Å²) in [5, 5.41) is -0.899. The first-order valence-corrected chi connectivity index (χ1v) is 7.01. The van der Waals surface area contributed by atoms with Crippen LogP contribution in [-0.4, -0.2) is 23.6 Å². The maximum atomic E-state index is 11.8. The molecule has 0 bridgehead atoms. The summed E-state index contributed by atoms with van der Waals surface area (Å²) in [6.07, 6.45) is 1.61. The second-order valence-corrected chi connectivity index (χ2v) is 6.19. The fraction of sp³-hybridized carbons (Fsp3) is 0.400. The predicted molar refractivity (Wildman–Crippen MR) is 71.0 cm³/mol. The van der Waals surface area contributed by atoms with E-state index in [0.717, 1.165) is 0 Å². The van der Waals surface area contributed by atoms with Gasteiger partial charge in [0, 0.05) is 6.20 Å². The molecular weight excluding hydrogens is 258 g/mol. The number of thiocarbonyl (C=S) groups is 1. The zero-order valence-corrected chi connectivity index (χ0v) is 11.3. The van der Waals surface area contributed by atoms with E-state index in [1.54, 1.807) is 31.3 Å².